The third-order valence-electron chi connectivity index (χ3n) is 1.12. The van der Waals surface area contributed by atoms with E-state index < -0.39 is 0 Å². The quantitative estimate of drug-likeness (QED) is 0.650. The molecule has 1 amide bonds. The van der Waals surface area contributed by atoms with Crippen molar-refractivity contribution in [3.8, 4) is 0 Å². The normalized spacial score (nSPS) is 24.8. The van der Waals surface area contributed by atoms with E-state index in [0.717, 1.165) is 3.58 Å². The molecule has 1 unspecified atom stereocenters. The molecule has 0 fully saturated rings. The number of methoxy groups -OCH3 is 1. The lowest BCUT2D eigenvalue weighted by Crippen LogP contribution is -2.17. The van der Waals surface area contributed by atoms with Crippen LogP contribution in [0.3, 0.4) is 0 Å². The van der Waals surface area contributed by atoms with Crippen molar-refractivity contribution < 1.29 is 9.53 Å². The molecule has 1 heterocycles. The summed E-state index contributed by atoms with van der Waals surface area (Å²) in [4.78, 5) is 14.2. The number of rotatable bonds is 1. The molecule has 0 bridgehead atoms. The third-order valence-corrected chi connectivity index (χ3v) is 2.05. The predicted molar refractivity (Wildman–Crippen MR) is 46.4 cm³/mol. The van der Waals surface area contributed by atoms with E-state index in [9.17, 15) is 4.79 Å². The molecule has 0 N–H and O–H groups in total. The largest absolute Gasteiger partial charge is 0.371 e. The zero-order chi connectivity index (χ0) is 7.56. The molecule has 0 aromatic rings. The molecular formula is C6H6INO2. The van der Waals surface area contributed by atoms with Crippen molar-refractivity contribution >= 4 is 34.7 Å². The first-order valence-electron chi connectivity index (χ1n) is 2.72. The second-order valence-corrected chi connectivity index (χ2v) is 3.05. The van der Waals surface area contributed by atoms with Crippen LogP contribution in [0.4, 0.5) is 0 Å². The zero-order valence-corrected chi connectivity index (χ0v) is 7.53. The number of halogens is 1. The van der Waals surface area contributed by atoms with Crippen molar-refractivity contribution in [1.82, 2.24) is 0 Å². The van der Waals surface area contributed by atoms with E-state index in [1.165, 1.54) is 12.3 Å². The lowest BCUT2D eigenvalue weighted by molar-refractivity contribution is -0.113. The van der Waals surface area contributed by atoms with Gasteiger partial charge in [0.15, 0.2) is 0 Å². The Morgan fingerprint density at radius 3 is 3.00 bits per heavy atom. The number of hydrogen-bond donors (Lipinski definition) is 0. The fraction of sp³-hybridized carbons (Fsp3) is 0.333. The molecule has 0 radical (unpaired) electrons. The highest BCUT2D eigenvalue weighted by atomic mass is 127. The molecule has 0 aromatic heterocycles. The Bertz CT molecular complexity index is 210. The molecule has 0 saturated heterocycles. The maximum atomic E-state index is 10.6. The van der Waals surface area contributed by atoms with Gasteiger partial charge in [-0.05, 0) is 22.6 Å². The van der Waals surface area contributed by atoms with Crippen LogP contribution in [0.1, 0.15) is 0 Å². The molecule has 4 heteroatoms. The molecule has 0 aromatic carbocycles. The van der Waals surface area contributed by atoms with Crippen molar-refractivity contribution in [3.63, 3.8) is 0 Å². The molecular weight excluding hydrogens is 245 g/mol. The Kier molecular flexibility index (Phi) is 2.56. The van der Waals surface area contributed by atoms with Gasteiger partial charge < -0.3 is 4.74 Å². The minimum absolute atomic E-state index is 0.127. The standard InChI is InChI=1S/C6H6INO2/c1-10-5-3-8-6(9)2-4(5)7/h2-3,5H,1H3. The zero-order valence-electron chi connectivity index (χ0n) is 5.37. The molecule has 0 aliphatic carbocycles. The van der Waals surface area contributed by atoms with Crippen molar-refractivity contribution in [2.75, 3.05) is 7.11 Å². The molecule has 1 atom stereocenters. The van der Waals surface area contributed by atoms with Gasteiger partial charge in [0.2, 0.25) is 0 Å². The summed E-state index contributed by atoms with van der Waals surface area (Å²) in [6.07, 6.45) is 2.84. The fourth-order valence-electron chi connectivity index (χ4n) is 0.623. The van der Waals surface area contributed by atoms with E-state index in [4.69, 9.17) is 4.74 Å². The predicted octanol–water partition coefficient (Wildman–Crippen LogP) is 0.931. The van der Waals surface area contributed by atoms with Gasteiger partial charge in [-0.25, -0.2) is 4.99 Å². The van der Waals surface area contributed by atoms with Gasteiger partial charge in [-0.2, -0.15) is 0 Å². The average molecular weight is 251 g/mol. The summed E-state index contributed by atoms with van der Waals surface area (Å²) in [5, 5.41) is 0. The van der Waals surface area contributed by atoms with Crippen LogP contribution in [0.15, 0.2) is 14.6 Å². The Hall–Kier alpha value is -0.230. The second-order valence-electron chi connectivity index (χ2n) is 1.80. The molecule has 0 spiro atoms. The van der Waals surface area contributed by atoms with E-state index in [1.54, 1.807) is 7.11 Å². The van der Waals surface area contributed by atoms with Crippen molar-refractivity contribution in [1.29, 1.82) is 0 Å². The van der Waals surface area contributed by atoms with Crippen LogP contribution in [0, 0.1) is 0 Å². The number of aliphatic imine (C=N–C) groups is 1. The maximum absolute atomic E-state index is 10.6. The monoisotopic (exact) mass is 251 g/mol. The molecule has 1 aliphatic heterocycles. The summed E-state index contributed by atoms with van der Waals surface area (Å²) >= 11 is 2.06. The smallest absolute Gasteiger partial charge is 0.270 e. The number of carbonyl (C=O) groups excluding carboxylic acids is 1. The first-order chi connectivity index (χ1) is 4.74. The third kappa shape index (κ3) is 1.63. The van der Waals surface area contributed by atoms with Crippen LogP contribution >= 0.6 is 22.6 Å². The van der Waals surface area contributed by atoms with Gasteiger partial charge in [0.25, 0.3) is 5.91 Å². The van der Waals surface area contributed by atoms with E-state index in [-0.39, 0.29) is 12.0 Å². The van der Waals surface area contributed by atoms with E-state index >= 15 is 0 Å². The van der Waals surface area contributed by atoms with Crippen LogP contribution in [-0.2, 0) is 9.53 Å². The highest BCUT2D eigenvalue weighted by molar-refractivity contribution is 14.1. The van der Waals surface area contributed by atoms with Gasteiger partial charge in [-0.1, -0.05) is 0 Å². The summed E-state index contributed by atoms with van der Waals surface area (Å²) in [5.41, 5.74) is 0. The van der Waals surface area contributed by atoms with Gasteiger partial charge in [0.1, 0.15) is 6.10 Å². The van der Waals surface area contributed by atoms with Crippen LogP contribution in [0.5, 0.6) is 0 Å². The number of nitrogens with zero attached hydrogens (tertiary/aromatic N) is 1. The van der Waals surface area contributed by atoms with Crippen LogP contribution < -0.4 is 0 Å². The molecule has 1 aliphatic rings. The van der Waals surface area contributed by atoms with Crippen LogP contribution in [-0.4, -0.2) is 25.3 Å². The summed E-state index contributed by atoms with van der Waals surface area (Å²) < 4.78 is 5.85. The van der Waals surface area contributed by atoms with E-state index in [1.807, 2.05) is 0 Å². The summed E-state index contributed by atoms with van der Waals surface area (Å²) in [7, 11) is 1.58. The van der Waals surface area contributed by atoms with Gasteiger partial charge in [-0.3, -0.25) is 4.79 Å². The highest BCUT2D eigenvalue weighted by Gasteiger charge is 2.13. The highest BCUT2D eigenvalue weighted by Crippen LogP contribution is 2.15. The average Bonchev–Trinajstić information content (AvgIpc) is 1.88. The molecule has 0 saturated carbocycles. The lowest BCUT2D eigenvalue weighted by Gasteiger charge is -2.10. The molecule has 54 valence electrons. The summed E-state index contributed by atoms with van der Waals surface area (Å²) in [5.74, 6) is -0.210. The summed E-state index contributed by atoms with van der Waals surface area (Å²) in [6.45, 7) is 0. The van der Waals surface area contributed by atoms with Crippen molar-refractivity contribution in [2.24, 2.45) is 4.99 Å². The number of dihydropyridines is 1. The molecule has 3 nitrogen and oxygen atoms in total. The topological polar surface area (TPSA) is 38.7 Å². The molecule has 1 rings (SSSR count). The minimum Gasteiger partial charge on any atom is -0.371 e. The van der Waals surface area contributed by atoms with E-state index in [2.05, 4.69) is 27.6 Å². The summed E-state index contributed by atoms with van der Waals surface area (Å²) in [6, 6.07) is 0. The maximum Gasteiger partial charge on any atom is 0.270 e. The number of hydrogen-bond acceptors (Lipinski definition) is 2. The second kappa shape index (κ2) is 3.25. The number of ether oxygens (including phenoxy) is 1. The van der Waals surface area contributed by atoms with Crippen LogP contribution in [0.25, 0.3) is 0 Å². The van der Waals surface area contributed by atoms with Crippen LogP contribution in [0.2, 0.25) is 0 Å². The van der Waals surface area contributed by atoms with Crippen molar-refractivity contribution in [3.05, 3.63) is 9.66 Å². The van der Waals surface area contributed by atoms with Crippen molar-refractivity contribution in [2.45, 2.75) is 6.10 Å². The van der Waals surface area contributed by atoms with Gasteiger partial charge in [0.05, 0.1) is 0 Å². The SMILES string of the molecule is COC1C=NC(=O)C=C1I. The van der Waals surface area contributed by atoms with Gasteiger partial charge in [-0.15, -0.1) is 0 Å². The van der Waals surface area contributed by atoms with E-state index in [0.29, 0.717) is 0 Å². The number of amides is 1. The fourth-order valence-corrected chi connectivity index (χ4v) is 1.30. The Balaban J connectivity index is 2.75. The Morgan fingerprint density at radius 2 is 2.50 bits per heavy atom. The van der Waals surface area contributed by atoms with Gasteiger partial charge >= 0.3 is 0 Å². The number of carbonyl (C=O) groups is 1. The Morgan fingerprint density at radius 1 is 1.80 bits per heavy atom. The van der Waals surface area contributed by atoms with Gasteiger partial charge in [0, 0.05) is 23.0 Å². The lowest BCUT2D eigenvalue weighted by atomic mass is 10.3. The molecule has 10 heavy (non-hydrogen) atoms. The Labute approximate surface area is 72.3 Å². The first kappa shape index (κ1) is 7.87. The minimum atomic E-state index is -0.210. The first-order valence-corrected chi connectivity index (χ1v) is 3.80.